The van der Waals surface area contributed by atoms with Crippen LogP contribution in [0.3, 0.4) is 0 Å². The van der Waals surface area contributed by atoms with Crippen LogP contribution in [0, 0.1) is 0 Å². The lowest BCUT2D eigenvalue weighted by Crippen LogP contribution is -2.25. The highest BCUT2D eigenvalue weighted by atomic mass is 35.5. The summed E-state index contributed by atoms with van der Waals surface area (Å²) in [7, 11) is -1.42. The minimum Gasteiger partial charge on any atom is -0.493 e. The number of aliphatic carboxylic acids is 1. The van der Waals surface area contributed by atoms with Gasteiger partial charge in [-0.05, 0) is 31.2 Å². The normalized spacial score (nSPS) is 14.0. The summed E-state index contributed by atoms with van der Waals surface area (Å²) in [6, 6.07) is 6.78. The highest BCUT2D eigenvalue weighted by Crippen LogP contribution is 2.15. The van der Waals surface area contributed by atoms with E-state index >= 15 is 0 Å². The van der Waals surface area contributed by atoms with Crippen LogP contribution >= 0.6 is 11.6 Å². The summed E-state index contributed by atoms with van der Waals surface area (Å²) < 4.78 is 16.8. The molecule has 0 saturated heterocycles. The van der Waals surface area contributed by atoms with E-state index in [1.165, 1.54) is 6.92 Å². The van der Waals surface area contributed by atoms with Gasteiger partial charge >= 0.3 is 5.97 Å². The number of hydrogen-bond donors (Lipinski definition) is 1. The van der Waals surface area contributed by atoms with Crippen LogP contribution in [0.15, 0.2) is 24.3 Å². The van der Waals surface area contributed by atoms with Gasteiger partial charge in [0.1, 0.15) is 11.0 Å². The Morgan fingerprint density at radius 1 is 1.47 bits per heavy atom. The molecule has 0 bridgehead atoms. The van der Waals surface area contributed by atoms with Crippen molar-refractivity contribution in [2.24, 2.45) is 0 Å². The topological polar surface area (TPSA) is 63.6 Å². The average Bonchev–Trinajstić information content (AvgIpc) is 2.30. The third kappa shape index (κ3) is 4.75. The number of carbonyl (C=O) groups is 1. The molecule has 6 heteroatoms. The number of carboxylic acid groups (broad SMARTS) is 1. The number of rotatable bonds is 6. The van der Waals surface area contributed by atoms with Crippen LogP contribution in [0.25, 0.3) is 0 Å². The van der Waals surface area contributed by atoms with Crippen molar-refractivity contribution in [3.8, 4) is 5.75 Å². The van der Waals surface area contributed by atoms with Crippen LogP contribution in [0.2, 0.25) is 5.02 Å². The summed E-state index contributed by atoms with van der Waals surface area (Å²) in [6.07, 6.45) is 0. The molecule has 4 nitrogen and oxygen atoms in total. The maximum Gasteiger partial charge on any atom is 0.318 e. The lowest BCUT2D eigenvalue weighted by atomic mass is 10.3. The van der Waals surface area contributed by atoms with E-state index in [0.29, 0.717) is 10.8 Å². The summed E-state index contributed by atoms with van der Waals surface area (Å²) in [4.78, 5) is 10.6. The van der Waals surface area contributed by atoms with Gasteiger partial charge in [-0.2, -0.15) is 0 Å². The van der Waals surface area contributed by atoms with Gasteiger partial charge in [0.05, 0.1) is 12.4 Å². The Balaban J connectivity index is 2.35. The molecule has 0 spiro atoms. The Bertz CT molecular complexity index is 404. The van der Waals surface area contributed by atoms with E-state index < -0.39 is 22.0 Å². The Labute approximate surface area is 107 Å². The van der Waals surface area contributed by atoms with Crippen LogP contribution in [0.5, 0.6) is 5.75 Å². The Morgan fingerprint density at radius 2 is 2.06 bits per heavy atom. The van der Waals surface area contributed by atoms with Crippen molar-refractivity contribution in [1.82, 2.24) is 0 Å². The van der Waals surface area contributed by atoms with Crippen LogP contribution < -0.4 is 4.74 Å². The van der Waals surface area contributed by atoms with E-state index in [9.17, 15) is 9.00 Å². The highest BCUT2D eigenvalue weighted by molar-refractivity contribution is 7.86. The largest absolute Gasteiger partial charge is 0.493 e. The second-order valence-corrected chi connectivity index (χ2v) is 5.68. The SMILES string of the molecule is CC(C(=O)O)S(=O)CCOc1ccc(Cl)cc1. The van der Waals surface area contributed by atoms with Gasteiger partial charge in [-0.15, -0.1) is 0 Å². The molecule has 1 aromatic rings. The second-order valence-electron chi connectivity index (χ2n) is 3.37. The predicted molar refractivity (Wildman–Crippen MR) is 67.1 cm³/mol. The van der Waals surface area contributed by atoms with Crippen LogP contribution in [0.1, 0.15) is 6.92 Å². The van der Waals surface area contributed by atoms with E-state index in [-0.39, 0.29) is 12.4 Å². The van der Waals surface area contributed by atoms with E-state index in [4.69, 9.17) is 21.4 Å². The third-order valence-electron chi connectivity index (χ3n) is 2.11. The van der Waals surface area contributed by atoms with Gasteiger partial charge in [-0.3, -0.25) is 9.00 Å². The number of ether oxygens (including phenoxy) is 1. The van der Waals surface area contributed by atoms with Crippen molar-refractivity contribution in [1.29, 1.82) is 0 Å². The molecule has 1 N–H and O–H groups in total. The molecule has 0 aliphatic carbocycles. The lowest BCUT2D eigenvalue weighted by Gasteiger charge is -2.08. The Morgan fingerprint density at radius 3 is 2.59 bits per heavy atom. The fourth-order valence-corrected chi connectivity index (χ4v) is 2.01. The first-order valence-electron chi connectivity index (χ1n) is 4.99. The number of halogens is 1. The zero-order chi connectivity index (χ0) is 12.8. The zero-order valence-corrected chi connectivity index (χ0v) is 10.8. The fourth-order valence-electron chi connectivity index (χ4n) is 1.06. The molecule has 0 aliphatic rings. The monoisotopic (exact) mass is 276 g/mol. The second kappa shape index (κ2) is 6.61. The van der Waals surface area contributed by atoms with Crippen LogP contribution in [-0.4, -0.2) is 32.9 Å². The van der Waals surface area contributed by atoms with E-state index in [1.807, 2.05) is 0 Å². The summed E-state index contributed by atoms with van der Waals surface area (Å²) in [5.74, 6) is -0.250. The van der Waals surface area contributed by atoms with Gasteiger partial charge in [0.15, 0.2) is 0 Å². The molecule has 0 radical (unpaired) electrons. The number of benzene rings is 1. The van der Waals surface area contributed by atoms with Gasteiger partial charge in [0.2, 0.25) is 0 Å². The van der Waals surface area contributed by atoms with E-state index in [2.05, 4.69) is 0 Å². The Hall–Kier alpha value is -1.07. The summed E-state index contributed by atoms with van der Waals surface area (Å²) in [5, 5.41) is 8.39. The summed E-state index contributed by atoms with van der Waals surface area (Å²) >= 11 is 5.70. The van der Waals surface area contributed by atoms with Gasteiger partial charge in [0.25, 0.3) is 0 Å². The van der Waals surface area contributed by atoms with Crippen molar-refractivity contribution in [2.45, 2.75) is 12.2 Å². The average molecular weight is 277 g/mol. The molecule has 2 unspecified atom stereocenters. The van der Waals surface area contributed by atoms with E-state index in [0.717, 1.165) is 0 Å². The fraction of sp³-hybridized carbons (Fsp3) is 0.364. The first kappa shape index (κ1) is 14.0. The molecule has 0 amide bonds. The van der Waals surface area contributed by atoms with Crippen molar-refractivity contribution in [3.63, 3.8) is 0 Å². The molecule has 17 heavy (non-hydrogen) atoms. The molecule has 0 fully saturated rings. The number of carboxylic acids is 1. The predicted octanol–water partition coefficient (Wildman–Crippen LogP) is 1.94. The van der Waals surface area contributed by atoms with Crippen molar-refractivity contribution in [2.75, 3.05) is 12.4 Å². The van der Waals surface area contributed by atoms with Gasteiger partial charge in [0, 0.05) is 15.8 Å². The van der Waals surface area contributed by atoms with Crippen LogP contribution in [-0.2, 0) is 15.6 Å². The summed E-state index contributed by atoms with van der Waals surface area (Å²) in [5.41, 5.74) is 0. The smallest absolute Gasteiger partial charge is 0.318 e. The molecule has 0 saturated carbocycles. The molecular weight excluding hydrogens is 264 g/mol. The molecule has 0 aliphatic heterocycles. The van der Waals surface area contributed by atoms with E-state index in [1.54, 1.807) is 24.3 Å². The molecule has 94 valence electrons. The molecule has 1 rings (SSSR count). The summed E-state index contributed by atoms with van der Waals surface area (Å²) in [6.45, 7) is 1.63. The first-order chi connectivity index (χ1) is 8.00. The molecule has 2 atom stereocenters. The lowest BCUT2D eigenvalue weighted by molar-refractivity contribution is -0.136. The molecule has 0 aromatic heterocycles. The minimum absolute atomic E-state index is 0.191. The molecule has 0 heterocycles. The Kier molecular flexibility index (Phi) is 5.44. The maximum atomic E-state index is 11.5. The molecule has 1 aromatic carbocycles. The van der Waals surface area contributed by atoms with Crippen molar-refractivity contribution in [3.05, 3.63) is 29.3 Å². The van der Waals surface area contributed by atoms with Gasteiger partial charge in [-0.25, -0.2) is 0 Å². The van der Waals surface area contributed by atoms with Crippen LogP contribution in [0.4, 0.5) is 0 Å². The minimum atomic E-state index is -1.42. The number of hydrogen-bond acceptors (Lipinski definition) is 3. The zero-order valence-electron chi connectivity index (χ0n) is 9.26. The maximum absolute atomic E-state index is 11.5. The van der Waals surface area contributed by atoms with Crippen molar-refractivity contribution < 1.29 is 18.8 Å². The van der Waals surface area contributed by atoms with Gasteiger partial charge < -0.3 is 9.84 Å². The van der Waals surface area contributed by atoms with Crippen molar-refractivity contribution >= 4 is 28.4 Å². The molecular formula is C11H13ClO4S. The standard InChI is InChI=1S/C11H13ClO4S/c1-8(11(13)14)17(15)7-6-16-10-4-2-9(12)3-5-10/h2-5,8H,6-7H2,1H3,(H,13,14). The first-order valence-corrected chi connectivity index (χ1v) is 6.75. The van der Waals surface area contributed by atoms with Gasteiger partial charge in [-0.1, -0.05) is 11.6 Å². The third-order valence-corrected chi connectivity index (χ3v) is 3.92. The quantitative estimate of drug-likeness (QED) is 0.862. The highest BCUT2D eigenvalue weighted by Gasteiger charge is 2.18.